The predicted octanol–water partition coefficient (Wildman–Crippen LogP) is 3.03. The second-order valence-corrected chi connectivity index (χ2v) is 7.48. The van der Waals surface area contributed by atoms with Crippen molar-refractivity contribution >= 4 is 17.6 Å². The molecule has 2 atom stereocenters. The maximum absolute atomic E-state index is 13.0. The number of amides is 1. The molecule has 1 N–H and O–H groups in total. The minimum absolute atomic E-state index is 0.0882. The van der Waals surface area contributed by atoms with Crippen molar-refractivity contribution in [2.75, 3.05) is 6.61 Å². The predicted molar refractivity (Wildman–Crippen MR) is 103 cm³/mol. The average molecular weight is 372 g/mol. The third-order valence-electron chi connectivity index (χ3n) is 5.19. The molecule has 1 aromatic rings. The molecule has 0 saturated heterocycles. The van der Waals surface area contributed by atoms with E-state index in [0.717, 1.165) is 30.4 Å². The Labute approximate surface area is 160 Å². The van der Waals surface area contributed by atoms with E-state index < -0.39 is 12.1 Å². The van der Waals surface area contributed by atoms with E-state index >= 15 is 0 Å². The quantitative estimate of drug-likeness (QED) is 0.779. The molecule has 1 unspecified atom stereocenters. The van der Waals surface area contributed by atoms with E-state index in [0.29, 0.717) is 18.7 Å². The Balaban J connectivity index is 1.72. The number of nitrogens with one attached hydrogen (secondary N) is 1. The van der Waals surface area contributed by atoms with E-state index in [-0.39, 0.29) is 17.9 Å². The van der Waals surface area contributed by atoms with Crippen molar-refractivity contribution in [1.29, 1.82) is 0 Å². The van der Waals surface area contributed by atoms with Gasteiger partial charge >= 0.3 is 5.97 Å². The zero-order valence-electron chi connectivity index (χ0n) is 16.3. The van der Waals surface area contributed by atoms with Crippen LogP contribution in [-0.2, 0) is 27.2 Å². The fourth-order valence-corrected chi connectivity index (χ4v) is 3.79. The molecule has 6 nitrogen and oxygen atoms in total. The summed E-state index contributed by atoms with van der Waals surface area (Å²) < 4.78 is 5.00. The van der Waals surface area contributed by atoms with Crippen molar-refractivity contribution in [1.82, 2.24) is 5.32 Å². The van der Waals surface area contributed by atoms with E-state index in [4.69, 9.17) is 9.57 Å². The van der Waals surface area contributed by atoms with E-state index in [9.17, 15) is 9.59 Å². The van der Waals surface area contributed by atoms with Gasteiger partial charge in [-0.1, -0.05) is 31.1 Å². The summed E-state index contributed by atoms with van der Waals surface area (Å²) in [6.07, 6.45) is 3.89. The topological polar surface area (TPSA) is 77.0 Å². The number of carbonyl (C=O) groups is 2. The van der Waals surface area contributed by atoms with Gasteiger partial charge in [-0.2, -0.15) is 0 Å². The number of oxime groups is 1. The minimum atomic E-state index is -0.720. The van der Waals surface area contributed by atoms with Gasteiger partial charge in [0.1, 0.15) is 0 Å². The number of hydrogen-bond donors (Lipinski definition) is 1. The van der Waals surface area contributed by atoms with Crippen molar-refractivity contribution < 1.29 is 19.2 Å². The monoisotopic (exact) mass is 372 g/mol. The second kappa shape index (κ2) is 8.55. The molecule has 0 spiro atoms. The van der Waals surface area contributed by atoms with Crippen molar-refractivity contribution in [3.8, 4) is 0 Å². The summed E-state index contributed by atoms with van der Waals surface area (Å²) in [5.74, 6) is -0.381. The Morgan fingerprint density at radius 1 is 1.30 bits per heavy atom. The molecular weight excluding hydrogens is 344 g/mol. The SMILES string of the molecule is CCOC(=O)C1CC([C@@H](NC(=O)c2cccc3c2CCCC3)C(C)C)=NO1. The fourth-order valence-electron chi connectivity index (χ4n) is 3.79. The molecule has 0 bridgehead atoms. The van der Waals surface area contributed by atoms with Crippen molar-refractivity contribution in [2.24, 2.45) is 11.1 Å². The van der Waals surface area contributed by atoms with E-state index in [1.165, 1.54) is 12.0 Å². The van der Waals surface area contributed by atoms with Gasteiger partial charge in [-0.15, -0.1) is 0 Å². The van der Waals surface area contributed by atoms with Crippen molar-refractivity contribution in [2.45, 2.75) is 65.0 Å². The molecule has 0 radical (unpaired) electrons. The normalized spacial score (nSPS) is 19.7. The fraction of sp³-hybridized carbons (Fsp3) is 0.571. The number of fused-ring (bicyclic) bond motifs is 1. The first-order valence-corrected chi connectivity index (χ1v) is 9.82. The van der Waals surface area contributed by atoms with Crippen LogP contribution < -0.4 is 5.32 Å². The summed E-state index contributed by atoms with van der Waals surface area (Å²) in [5.41, 5.74) is 3.87. The van der Waals surface area contributed by atoms with Crippen LogP contribution in [0.15, 0.2) is 23.4 Å². The molecule has 146 valence electrons. The summed E-state index contributed by atoms with van der Waals surface area (Å²) in [4.78, 5) is 30.1. The maximum Gasteiger partial charge on any atom is 0.350 e. The van der Waals surface area contributed by atoms with Gasteiger partial charge in [0.25, 0.3) is 5.91 Å². The number of carbonyl (C=O) groups excluding carboxylic acids is 2. The first kappa shape index (κ1) is 19.4. The van der Waals surface area contributed by atoms with Crippen LogP contribution in [0.4, 0.5) is 0 Å². The van der Waals surface area contributed by atoms with Gasteiger partial charge in [0, 0.05) is 12.0 Å². The van der Waals surface area contributed by atoms with Crippen LogP contribution in [0.1, 0.15) is 61.5 Å². The number of aryl methyl sites for hydroxylation is 1. The molecule has 0 fully saturated rings. The summed E-state index contributed by atoms with van der Waals surface area (Å²) in [5, 5.41) is 7.19. The van der Waals surface area contributed by atoms with Crippen LogP contribution in [0.2, 0.25) is 0 Å². The number of benzene rings is 1. The lowest BCUT2D eigenvalue weighted by molar-refractivity contribution is -0.154. The van der Waals surface area contributed by atoms with Crippen LogP contribution in [0.3, 0.4) is 0 Å². The van der Waals surface area contributed by atoms with Gasteiger partial charge < -0.3 is 14.9 Å². The van der Waals surface area contributed by atoms with Gasteiger partial charge in [-0.25, -0.2) is 4.79 Å². The van der Waals surface area contributed by atoms with E-state index in [1.54, 1.807) is 6.92 Å². The molecule has 1 aliphatic heterocycles. The molecular formula is C21H28N2O4. The van der Waals surface area contributed by atoms with Crippen LogP contribution >= 0.6 is 0 Å². The first-order chi connectivity index (χ1) is 13.0. The van der Waals surface area contributed by atoms with E-state index in [2.05, 4.69) is 16.5 Å². The van der Waals surface area contributed by atoms with Crippen molar-refractivity contribution in [3.63, 3.8) is 0 Å². The molecule has 6 heteroatoms. The molecule has 1 aromatic carbocycles. The highest BCUT2D eigenvalue weighted by molar-refractivity contribution is 6.02. The molecule has 0 saturated carbocycles. The number of hydrogen-bond acceptors (Lipinski definition) is 5. The van der Waals surface area contributed by atoms with Gasteiger partial charge in [-0.05, 0) is 55.7 Å². The Bertz CT molecular complexity index is 742. The molecule has 1 aliphatic carbocycles. The first-order valence-electron chi connectivity index (χ1n) is 9.82. The summed E-state index contributed by atoms with van der Waals surface area (Å²) in [6, 6.07) is 5.68. The largest absolute Gasteiger partial charge is 0.463 e. The lowest BCUT2D eigenvalue weighted by atomic mass is 9.87. The van der Waals surface area contributed by atoms with Crippen LogP contribution in [0, 0.1) is 5.92 Å². The highest BCUT2D eigenvalue weighted by atomic mass is 16.7. The van der Waals surface area contributed by atoms with Crippen LogP contribution in [0.5, 0.6) is 0 Å². The highest BCUT2D eigenvalue weighted by Crippen LogP contribution is 2.25. The average Bonchev–Trinajstić information content (AvgIpc) is 3.15. The highest BCUT2D eigenvalue weighted by Gasteiger charge is 2.35. The Morgan fingerprint density at radius 3 is 2.81 bits per heavy atom. The summed E-state index contributed by atoms with van der Waals surface area (Å²) in [7, 11) is 0. The van der Waals surface area contributed by atoms with Gasteiger partial charge in [0.05, 0.1) is 18.4 Å². The second-order valence-electron chi connectivity index (χ2n) is 7.48. The molecule has 1 heterocycles. The number of esters is 1. The van der Waals surface area contributed by atoms with Crippen LogP contribution in [-0.4, -0.2) is 36.3 Å². The lowest BCUT2D eigenvalue weighted by Gasteiger charge is -2.24. The Kier molecular flexibility index (Phi) is 6.14. The number of nitrogens with zero attached hydrogens (tertiary/aromatic N) is 1. The molecule has 3 rings (SSSR count). The van der Waals surface area contributed by atoms with Gasteiger partial charge in [0.2, 0.25) is 6.10 Å². The van der Waals surface area contributed by atoms with E-state index in [1.807, 2.05) is 26.0 Å². The molecule has 2 aliphatic rings. The van der Waals surface area contributed by atoms with Crippen molar-refractivity contribution in [3.05, 3.63) is 34.9 Å². The maximum atomic E-state index is 13.0. The lowest BCUT2D eigenvalue weighted by Crippen LogP contribution is -2.45. The summed E-state index contributed by atoms with van der Waals surface area (Å²) >= 11 is 0. The Morgan fingerprint density at radius 2 is 2.07 bits per heavy atom. The van der Waals surface area contributed by atoms with Crippen LogP contribution in [0.25, 0.3) is 0 Å². The third-order valence-corrected chi connectivity index (χ3v) is 5.19. The molecule has 1 amide bonds. The van der Waals surface area contributed by atoms with Gasteiger partial charge in [0.15, 0.2) is 0 Å². The zero-order valence-corrected chi connectivity index (χ0v) is 16.3. The number of ether oxygens (including phenoxy) is 1. The minimum Gasteiger partial charge on any atom is -0.463 e. The van der Waals surface area contributed by atoms with Gasteiger partial charge in [-0.3, -0.25) is 4.79 Å². The standard InChI is InChI=1S/C21H28N2O4/c1-4-26-21(25)18-12-17(23-27-18)19(13(2)3)22-20(24)16-11-7-9-14-8-5-6-10-15(14)16/h7,9,11,13,18-19H,4-6,8,10,12H2,1-3H3,(H,22,24)/t18?,19-/m0/s1. The summed E-state index contributed by atoms with van der Waals surface area (Å²) in [6.45, 7) is 6.10. The number of rotatable bonds is 6. The molecule has 0 aromatic heterocycles. The molecule has 27 heavy (non-hydrogen) atoms. The Hall–Kier alpha value is -2.37. The third kappa shape index (κ3) is 4.31. The smallest absolute Gasteiger partial charge is 0.350 e. The zero-order chi connectivity index (χ0) is 19.4.